The minimum atomic E-state index is -1.31. The minimum absolute atomic E-state index is 0.0365. The van der Waals surface area contributed by atoms with Crippen LogP contribution in [0.15, 0.2) is 90.5 Å². The smallest absolute Gasteiger partial charge is 0.322 e. The molecule has 0 aliphatic heterocycles. The zero-order valence-electron chi connectivity index (χ0n) is 31.5. The van der Waals surface area contributed by atoms with Gasteiger partial charge >= 0.3 is 6.03 Å². The van der Waals surface area contributed by atoms with Gasteiger partial charge in [0.1, 0.15) is 11.5 Å². The first-order chi connectivity index (χ1) is 25.4. The third kappa shape index (κ3) is 8.38. The number of nitrogens with one attached hydrogen (secondary N) is 1. The summed E-state index contributed by atoms with van der Waals surface area (Å²) >= 11 is 1.48. The van der Waals surface area contributed by atoms with Crippen molar-refractivity contribution in [2.45, 2.75) is 89.9 Å². The Morgan fingerprint density at radius 1 is 0.962 bits per heavy atom. The second-order valence-corrected chi connectivity index (χ2v) is 16.3. The number of hydrogen-bond donors (Lipinski definition) is 3. The molecule has 3 aliphatic carbocycles. The summed E-state index contributed by atoms with van der Waals surface area (Å²) in [7, 11) is 3.19. The van der Waals surface area contributed by atoms with E-state index in [4.69, 9.17) is 9.47 Å². The lowest BCUT2D eigenvalue weighted by molar-refractivity contribution is -0.0773. The number of allylic oxidation sites excluding steroid dienone is 2. The molecule has 53 heavy (non-hydrogen) atoms. The van der Waals surface area contributed by atoms with Crippen molar-refractivity contribution in [2.24, 2.45) is 5.41 Å². The molecule has 0 spiro atoms. The highest BCUT2D eigenvalue weighted by atomic mass is 32.1. The van der Waals surface area contributed by atoms with E-state index in [1.807, 2.05) is 73.7 Å². The Morgan fingerprint density at radius 3 is 2.47 bits per heavy atom. The largest absolute Gasteiger partial charge is 0.497 e. The number of amides is 2. The number of fused-ring (bicyclic) bond motifs is 8. The standard InChI is InChI=1S/C44H52N2O6S/c1-29-10-9-22-43(3)38(36-19-15-31(24-34(47)17-13-29)25-37(36)41(48)40-20-14-30(2)53-40)21-23-44(43,50)28-46(42(49)45-33-11-7-6-8-12-33)27-32-16-18-35(51-4)26-39(32)52-5/h6-8,10-12,14-16,18-20,25-26,34,38,47,50H,9,13,17,21-24,27-28H2,1-5H3,(H,45,49). The maximum atomic E-state index is 14.3. The molecule has 280 valence electrons. The maximum absolute atomic E-state index is 14.3. The topological polar surface area (TPSA) is 108 Å². The van der Waals surface area contributed by atoms with Crippen molar-refractivity contribution >= 4 is 28.8 Å². The van der Waals surface area contributed by atoms with Crippen LogP contribution in [-0.2, 0) is 13.0 Å². The number of anilines is 1. The number of thiophene rings is 1. The highest BCUT2D eigenvalue weighted by Crippen LogP contribution is 2.59. The van der Waals surface area contributed by atoms with Gasteiger partial charge in [0.15, 0.2) is 0 Å². The van der Waals surface area contributed by atoms with E-state index in [1.54, 1.807) is 25.2 Å². The fraction of sp³-hybridized carbons (Fsp3) is 0.409. The Bertz CT molecular complexity index is 1960. The molecular formula is C44H52N2O6S. The first-order valence-electron chi connectivity index (χ1n) is 18.5. The Balaban J connectivity index is 1.43. The maximum Gasteiger partial charge on any atom is 0.322 e. The second kappa shape index (κ2) is 16.3. The lowest BCUT2D eigenvalue weighted by atomic mass is 9.64. The molecule has 3 aliphatic rings. The molecule has 2 bridgehead atoms. The van der Waals surface area contributed by atoms with Crippen LogP contribution in [0.1, 0.15) is 95.1 Å². The van der Waals surface area contributed by atoms with Crippen molar-refractivity contribution in [3.05, 3.63) is 123 Å². The van der Waals surface area contributed by atoms with Gasteiger partial charge in [-0.25, -0.2) is 4.79 Å². The van der Waals surface area contributed by atoms with Gasteiger partial charge in [-0.15, -0.1) is 11.3 Å². The molecule has 1 saturated carbocycles. The minimum Gasteiger partial charge on any atom is -0.497 e. The van der Waals surface area contributed by atoms with Crippen molar-refractivity contribution in [1.82, 2.24) is 4.90 Å². The van der Waals surface area contributed by atoms with Crippen molar-refractivity contribution in [2.75, 3.05) is 26.1 Å². The number of urea groups is 1. The van der Waals surface area contributed by atoms with E-state index >= 15 is 0 Å². The summed E-state index contributed by atoms with van der Waals surface area (Å²) in [4.78, 5) is 32.0. The van der Waals surface area contributed by atoms with E-state index in [0.29, 0.717) is 66.2 Å². The first-order valence-corrected chi connectivity index (χ1v) is 19.4. The van der Waals surface area contributed by atoms with Crippen molar-refractivity contribution in [3.63, 3.8) is 0 Å². The van der Waals surface area contributed by atoms with Crippen molar-refractivity contribution in [1.29, 1.82) is 0 Å². The van der Waals surface area contributed by atoms with E-state index in [-0.39, 0.29) is 30.8 Å². The van der Waals surface area contributed by atoms with Crippen LogP contribution in [0.2, 0.25) is 0 Å². The number of methoxy groups -OCH3 is 2. The lowest BCUT2D eigenvalue weighted by Crippen LogP contribution is -2.54. The van der Waals surface area contributed by atoms with Crippen LogP contribution in [0.25, 0.3) is 0 Å². The number of carbonyl (C=O) groups excluding carboxylic acids is 2. The van der Waals surface area contributed by atoms with E-state index in [9.17, 15) is 19.8 Å². The summed E-state index contributed by atoms with van der Waals surface area (Å²) in [5, 5.41) is 27.1. The molecule has 4 atom stereocenters. The highest BCUT2D eigenvalue weighted by molar-refractivity contribution is 7.14. The molecule has 1 heterocycles. The molecule has 4 aromatic rings. The van der Waals surface area contributed by atoms with Gasteiger partial charge in [-0.05, 0) is 118 Å². The van der Waals surface area contributed by atoms with Gasteiger partial charge < -0.3 is 29.9 Å². The number of benzene rings is 3. The number of ether oxygens (including phenoxy) is 2. The fourth-order valence-electron chi connectivity index (χ4n) is 8.31. The van der Waals surface area contributed by atoms with Gasteiger partial charge in [0.05, 0.1) is 43.9 Å². The van der Waals surface area contributed by atoms with E-state index < -0.39 is 17.1 Å². The van der Waals surface area contributed by atoms with Crippen molar-refractivity contribution < 1.29 is 29.3 Å². The number of aliphatic hydroxyl groups is 2. The molecule has 1 fully saturated rings. The number of aryl methyl sites for hydroxylation is 1. The Kier molecular flexibility index (Phi) is 11.8. The van der Waals surface area contributed by atoms with Crippen LogP contribution < -0.4 is 14.8 Å². The molecule has 2 amide bonds. The summed E-state index contributed by atoms with van der Waals surface area (Å²) in [6.07, 6.45) is 6.00. The molecule has 9 heteroatoms. The number of hydrogen-bond acceptors (Lipinski definition) is 7. The van der Waals surface area contributed by atoms with Crippen LogP contribution in [0.4, 0.5) is 10.5 Å². The molecule has 0 saturated heterocycles. The molecule has 4 unspecified atom stereocenters. The number of para-hydroxylation sites is 1. The van der Waals surface area contributed by atoms with Crippen LogP contribution >= 0.6 is 11.3 Å². The predicted octanol–water partition coefficient (Wildman–Crippen LogP) is 9.08. The third-order valence-corrected chi connectivity index (χ3v) is 12.5. The van der Waals surface area contributed by atoms with Gasteiger partial charge in [0.25, 0.3) is 0 Å². The summed E-state index contributed by atoms with van der Waals surface area (Å²) < 4.78 is 11.2. The molecule has 1 aromatic heterocycles. The fourth-order valence-corrected chi connectivity index (χ4v) is 9.14. The first kappa shape index (κ1) is 38.3. The second-order valence-electron chi connectivity index (χ2n) is 15.0. The van der Waals surface area contributed by atoms with Crippen LogP contribution in [0.5, 0.6) is 11.5 Å². The molecule has 8 nitrogen and oxygen atoms in total. The summed E-state index contributed by atoms with van der Waals surface area (Å²) in [6.45, 7) is 6.49. The van der Waals surface area contributed by atoms with Gasteiger partial charge in [-0.2, -0.15) is 0 Å². The number of nitrogens with zero attached hydrogens (tertiary/aromatic N) is 1. The van der Waals surface area contributed by atoms with Crippen LogP contribution in [0.3, 0.4) is 0 Å². The highest BCUT2D eigenvalue weighted by Gasteiger charge is 2.57. The van der Waals surface area contributed by atoms with Gasteiger partial charge in [-0.1, -0.05) is 48.9 Å². The Morgan fingerprint density at radius 2 is 1.75 bits per heavy atom. The lowest BCUT2D eigenvalue weighted by Gasteiger charge is -2.46. The SMILES string of the molecule is COc1ccc(CN(CC2(O)CCC3c4ccc(cc4C(=O)c4ccc(C)s4)CC(O)CCC(C)=CCCC32C)C(=O)Nc2ccccc2)c(OC)c1. The Labute approximate surface area is 317 Å². The van der Waals surface area contributed by atoms with E-state index in [1.165, 1.54) is 16.9 Å². The summed E-state index contributed by atoms with van der Waals surface area (Å²) in [5.74, 6) is 1.02. The normalized spacial score (nSPS) is 23.0. The average molecular weight is 737 g/mol. The van der Waals surface area contributed by atoms with Crippen molar-refractivity contribution in [3.8, 4) is 11.5 Å². The quantitative estimate of drug-likeness (QED) is 0.117. The molecule has 7 rings (SSSR count). The number of ketones is 1. The summed E-state index contributed by atoms with van der Waals surface area (Å²) in [6, 6.07) is 24.4. The third-order valence-electron chi connectivity index (χ3n) is 11.5. The Hall–Kier alpha value is -4.44. The van der Waals surface area contributed by atoms with Crippen LogP contribution in [0, 0.1) is 12.3 Å². The zero-order chi connectivity index (χ0) is 37.8. The summed E-state index contributed by atoms with van der Waals surface area (Å²) in [5.41, 5.74) is 3.07. The van der Waals surface area contributed by atoms with Gasteiger partial charge in [-0.3, -0.25) is 4.79 Å². The number of carbonyl (C=O) groups is 2. The molecular weight excluding hydrogens is 685 g/mol. The van der Waals surface area contributed by atoms with Gasteiger partial charge in [0, 0.05) is 33.2 Å². The monoisotopic (exact) mass is 736 g/mol. The molecule has 3 N–H and O–H groups in total. The molecule has 0 radical (unpaired) electrons. The van der Waals surface area contributed by atoms with Crippen LogP contribution in [-0.4, -0.2) is 59.4 Å². The van der Waals surface area contributed by atoms with E-state index in [2.05, 4.69) is 31.3 Å². The van der Waals surface area contributed by atoms with Gasteiger partial charge in [0.2, 0.25) is 5.78 Å². The number of aliphatic hydroxyl groups excluding tert-OH is 1. The average Bonchev–Trinajstić information content (AvgIpc) is 3.70. The zero-order valence-corrected chi connectivity index (χ0v) is 32.3. The number of rotatable bonds is 9. The molecule has 3 aromatic carbocycles. The predicted molar refractivity (Wildman–Crippen MR) is 211 cm³/mol. The van der Waals surface area contributed by atoms with E-state index in [0.717, 1.165) is 28.0 Å².